The van der Waals surface area contributed by atoms with E-state index in [2.05, 4.69) is 20.6 Å². The number of anilines is 4. The second-order valence-electron chi connectivity index (χ2n) is 5.52. The largest absolute Gasteiger partial charge is 0.353 e. The van der Waals surface area contributed by atoms with Gasteiger partial charge in [0.05, 0.1) is 15.0 Å². The number of nitro groups is 1. The van der Waals surface area contributed by atoms with Crippen LogP contribution in [0.5, 0.6) is 0 Å². The summed E-state index contributed by atoms with van der Waals surface area (Å²) in [6, 6.07) is 9.96. The standard InChI is InChI=1S/C17H12Cl3N5O2/c1-9-2-3-10(6-13(9)19)23-16-15(25(26)27)17(22-8-21-16)24-11-4-5-12(18)14(20)7-11/h2-8H,1H3,(H2,21,22,23,24). The van der Waals surface area contributed by atoms with Crippen molar-refractivity contribution in [2.75, 3.05) is 10.6 Å². The van der Waals surface area contributed by atoms with E-state index in [9.17, 15) is 10.1 Å². The number of benzene rings is 2. The van der Waals surface area contributed by atoms with Crippen LogP contribution in [0.4, 0.5) is 28.7 Å². The third-order valence-corrected chi connectivity index (χ3v) is 4.77. The van der Waals surface area contributed by atoms with Gasteiger partial charge in [0.15, 0.2) is 0 Å². The summed E-state index contributed by atoms with van der Waals surface area (Å²) in [6.07, 6.45) is 1.21. The van der Waals surface area contributed by atoms with Gasteiger partial charge in [-0.3, -0.25) is 10.1 Å². The van der Waals surface area contributed by atoms with Gasteiger partial charge in [0.2, 0.25) is 11.6 Å². The predicted molar refractivity (Wildman–Crippen MR) is 108 cm³/mol. The fraction of sp³-hybridized carbons (Fsp3) is 0.0588. The Kier molecular flexibility index (Phi) is 5.65. The lowest BCUT2D eigenvalue weighted by atomic mass is 10.2. The minimum Gasteiger partial charge on any atom is -0.334 e. The molecule has 1 aromatic heterocycles. The number of hydrogen-bond donors (Lipinski definition) is 2. The lowest BCUT2D eigenvalue weighted by Crippen LogP contribution is -2.05. The Balaban J connectivity index is 1.97. The van der Waals surface area contributed by atoms with Crippen molar-refractivity contribution in [2.45, 2.75) is 6.92 Å². The summed E-state index contributed by atoms with van der Waals surface area (Å²) in [5.74, 6) is 0.0339. The van der Waals surface area contributed by atoms with Crippen LogP contribution in [0.1, 0.15) is 5.56 Å². The highest BCUT2D eigenvalue weighted by atomic mass is 35.5. The molecule has 27 heavy (non-hydrogen) atoms. The molecule has 0 aliphatic heterocycles. The Hall–Kier alpha value is -2.61. The SMILES string of the molecule is Cc1ccc(Nc2ncnc(Nc3ccc(Cl)c(Cl)c3)c2[N+](=O)[O-])cc1Cl. The van der Waals surface area contributed by atoms with Gasteiger partial charge in [-0.25, -0.2) is 9.97 Å². The first-order chi connectivity index (χ1) is 12.8. The van der Waals surface area contributed by atoms with Crippen LogP contribution in [0.15, 0.2) is 42.7 Å². The van der Waals surface area contributed by atoms with Gasteiger partial charge in [-0.15, -0.1) is 0 Å². The maximum absolute atomic E-state index is 11.6. The molecular formula is C17H12Cl3N5O2. The van der Waals surface area contributed by atoms with Crippen LogP contribution in [0.3, 0.4) is 0 Å². The molecule has 2 aromatic carbocycles. The van der Waals surface area contributed by atoms with E-state index < -0.39 is 4.92 Å². The summed E-state index contributed by atoms with van der Waals surface area (Å²) >= 11 is 18.0. The van der Waals surface area contributed by atoms with Crippen molar-refractivity contribution in [3.05, 3.63) is 73.5 Å². The van der Waals surface area contributed by atoms with E-state index in [1.165, 1.54) is 6.33 Å². The van der Waals surface area contributed by atoms with Gasteiger partial charge in [0, 0.05) is 16.4 Å². The first-order valence-electron chi connectivity index (χ1n) is 7.60. The van der Waals surface area contributed by atoms with Crippen molar-refractivity contribution < 1.29 is 4.92 Å². The quantitative estimate of drug-likeness (QED) is 0.377. The minimum absolute atomic E-state index is 0.00842. The third kappa shape index (κ3) is 4.39. The van der Waals surface area contributed by atoms with Gasteiger partial charge in [0.25, 0.3) is 0 Å². The molecule has 0 aliphatic carbocycles. The molecule has 0 unspecified atom stereocenters. The molecule has 0 saturated carbocycles. The molecule has 138 valence electrons. The predicted octanol–water partition coefficient (Wildman–Crippen LogP) is 6.14. The molecular weight excluding hydrogens is 413 g/mol. The lowest BCUT2D eigenvalue weighted by molar-refractivity contribution is -0.383. The van der Waals surface area contributed by atoms with Crippen molar-refractivity contribution in [3.8, 4) is 0 Å². The zero-order valence-electron chi connectivity index (χ0n) is 13.8. The smallest absolute Gasteiger partial charge is 0.334 e. The number of aromatic nitrogens is 2. The van der Waals surface area contributed by atoms with Gasteiger partial charge in [-0.05, 0) is 42.8 Å². The Labute approximate surface area is 169 Å². The fourth-order valence-corrected chi connectivity index (χ4v) is 2.73. The number of nitrogens with zero attached hydrogens (tertiary/aromatic N) is 3. The molecule has 2 N–H and O–H groups in total. The van der Waals surface area contributed by atoms with E-state index in [0.29, 0.717) is 26.4 Å². The second kappa shape index (κ2) is 7.96. The summed E-state index contributed by atoms with van der Waals surface area (Å²) in [4.78, 5) is 19.0. The maximum atomic E-state index is 11.6. The Morgan fingerprint density at radius 1 is 0.889 bits per heavy atom. The highest BCUT2D eigenvalue weighted by molar-refractivity contribution is 6.42. The van der Waals surface area contributed by atoms with Crippen molar-refractivity contribution >= 4 is 63.5 Å². The summed E-state index contributed by atoms with van der Waals surface area (Å²) in [7, 11) is 0. The molecule has 0 spiro atoms. The van der Waals surface area contributed by atoms with E-state index in [4.69, 9.17) is 34.8 Å². The monoisotopic (exact) mass is 423 g/mol. The van der Waals surface area contributed by atoms with Crippen LogP contribution < -0.4 is 10.6 Å². The van der Waals surface area contributed by atoms with Crippen molar-refractivity contribution in [1.82, 2.24) is 9.97 Å². The number of nitrogens with one attached hydrogen (secondary N) is 2. The molecule has 3 aromatic rings. The zero-order chi connectivity index (χ0) is 19.6. The van der Waals surface area contributed by atoms with Crippen LogP contribution in [-0.4, -0.2) is 14.9 Å². The molecule has 10 heteroatoms. The Morgan fingerprint density at radius 2 is 1.44 bits per heavy atom. The molecule has 0 bridgehead atoms. The van der Waals surface area contributed by atoms with Crippen LogP contribution in [0.25, 0.3) is 0 Å². The third-order valence-electron chi connectivity index (χ3n) is 3.62. The molecule has 7 nitrogen and oxygen atoms in total. The lowest BCUT2D eigenvalue weighted by Gasteiger charge is -2.11. The van der Waals surface area contributed by atoms with Crippen molar-refractivity contribution in [3.63, 3.8) is 0 Å². The van der Waals surface area contributed by atoms with Crippen LogP contribution in [0, 0.1) is 17.0 Å². The molecule has 0 amide bonds. The van der Waals surface area contributed by atoms with E-state index in [1.54, 1.807) is 36.4 Å². The minimum atomic E-state index is -0.571. The number of halogens is 3. The fourth-order valence-electron chi connectivity index (χ4n) is 2.25. The summed E-state index contributed by atoms with van der Waals surface area (Å²) in [5, 5.41) is 18.6. The van der Waals surface area contributed by atoms with Crippen LogP contribution in [-0.2, 0) is 0 Å². The van der Waals surface area contributed by atoms with Gasteiger partial charge in [0.1, 0.15) is 6.33 Å². The molecule has 0 fully saturated rings. The topological polar surface area (TPSA) is 93.0 Å². The summed E-state index contributed by atoms with van der Waals surface area (Å²) in [6.45, 7) is 1.86. The first kappa shape index (κ1) is 19.2. The van der Waals surface area contributed by atoms with Crippen molar-refractivity contribution in [1.29, 1.82) is 0 Å². The normalized spacial score (nSPS) is 10.5. The van der Waals surface area contributed by atoms with Crippen molar-refractivity contribution in [2.24, 2.45) is 0 Å². The van der Waals surface area contributed by atoms with Crippen LogP contribution >= 0.6 is 34.8 Å². The number of aryl methyl sites for hydroxylation is 1. The van der Waals surface area contributed by atoms with Gasteiger partial charge in [-0.1, -0.05) is 40.9 Å². The average Bonchev–Trinajstić information content (AvgIpc) is 2.61. The maximum Gasteiger partial charge on any atom is 0.353 e. The molecule has 3 rings (SSSR count). The molecule has 0 atom stereocenters. The summed E-state index contributed by atoms with van der Waals surface area (Å²) in [5.41, 5.74) is 1.63. The molecule has 1 heterocycles. The van der Waals surface area contributed by atoms with Crippen LogP contribution in [0.2, 0.25) is 15.1 Å². The number of rotatable bonds is 5. The highest BCUT2D eigenvalue weighted by Gasteiger charge is 2.23. The molecule has 0 radical (unpaired) electrons. The van der Waals surface area contributed by atoms with E-state index in [0.717, 1.165) is 5.56 Å². The average molecular weight is 425 g/mol. The second-order valence-corrected chi connectivity index (χ2v) is 6.74. The summed E-state index contributed by atoms with van der Waals surface area (Å²) < 4.78 is 0. The van der Waals surface area contributed by atoms with Gasteiger partial charge >= 0.3 is 5.69 Å². The first-order valence-corrected chi connectivity index (χ1v) is 8.73. The molecule has 0 aliphatic rings. The Bertz CT molecular complexity index is 958. The zero-order valence-corrected chi connectivity index (χ0v) is 16.1. The Morgan fingerprint density at radius 3 is 1.96 bits per heavy atom. The highest BCUT2D eigenvalue weighted by Crippen LogP contribution is 2.34. The van der Waals surface area contributed by atoms with E-state index >= 15 is 0 Å². The van der Waals surface area contributed by atoms with E-state index in [1.807, 2.05) is 6.92 Å². The molecule has 0 saturated heterocycles. The number of hydrogen-bond acceptors (Lipinski definition) is 6. The van der Waals surface area contributed by atoms with E-state index in [-0.39, 0.29) is 17.3 Å². The van der Waals surface area contributed by atoms with Gasteiger partial charge in [-0.2, -0.15) is 0 Å². The van der Waals surface area contributed by atoms with Gasteiger partial charge < -0.3 is 10.6 Å².